The van der Waals surface area contributed by atoms with Crippen LogP contribution in [-0.2, 0) is 10.5 Å². The Bertz CT molecular complexity index is 1320. The molecule has 1 amide bonds. The summed E-state index contributed by atoms with van der Waals surface area (Å²) in [4.78, 5) is 12.2. The summed E-state index contributed by atoms with van der Waals surface area (Å²) in [5.74, 6) is 0.782. The lowest BCUT2D eigenvalue weighted by molar-refractivity contribution is -0.118. The number of benzene rings is 3. The Morgan fingerprint density at radius 2 is 1.76 bits per heavy atom. The van der Waals surface area contributed by atoms with Gasteiger partial charge < -0.3 is 0 Å². The van der Waals surface area contributed by atoms with Crippen molar-refractivity contribution in [1.82, 2.24) is 15.6 Å². The zero-order valence-corrected chi connectivity index (χ0v) is 21.4. The molecule has 4 aromatic rings. The molecule has 168 valence electrons. The fraction of sp³-hybridized carbons (Fsp3) is 0.130. The number of halogens is 2. The van der Waals surface area contributed by atoms with Gasteiger partial charge in [0, 0.05) is 5.75 Å². The van der Waals surface area contributed by atoms with E-state index in [0.717, 1.165) is 20.0 Å². The molecule has 0 saturated carbocycles. The van der Waals surface area contributed by atoms with E-state index in [2.05, 4.69) is 57.1 Å². The van der Waals surface area contributed by atoms with Crippen LogP contribution in [0.1, 0.15) is 18.1 Å². The van der Waals surface area contributed by atoms with E-state index in [-0.39, 0.29) is 11.7 Å². The van der Waals surface area contributed by atoms with E-state index in [0.29, 0.717) is 15.8 Å². The topological polar surface area (TPSA) is 67.2 Å². The first kappa shape index (κ1) is 24.0. The monoisotopic (exact) mass is 532 g/mol. The van der Waals surface area contributed by atoms with E-state index in [9.17, 15) is 4.79 Å². The number of hydrogen-bond donors (Lipinski definition) is 1. The molecule has 0 unspecified atom stereocenters. The van der Waals surface area contributed by atoms with Gasteiger partial charge in [0.15, 0.2) is 8.68 Å². The lowest BCUT2D eigenvalue weighted by atomic mass is 10.1. The van der Waals surface area contributed by atoms with Crippen molar-refractivity contribution in [3.63, 3.8) is 0 Å². The predicted molar refractivity (Wildman–Crippen MR) is 141 cm³/mol. The predicted octanol–water partition coefficient (Wildman–Crippen LogP) is 6.92. The van der Waals surface area contributed by atoms with Crippen LogP contribution in [0.25, 0.3) is 10.8 Å². The number of carbonyl (C=O) groups excluding carboxylic acids is 1. The van der Waals surface area contributed by atoms with Crippen molar-refractivity contribution >= 4 is 80.5 Å². The second-order valence-corrected chi connectivity index (χ2v) is 11.1. The van der Waals surface area contributed by atoms with Gasteiger partial charge in [0.25, 0.3) is 5.91 Å². The summed E-state index contributed by atoms with van der Waals surface area (Å²) in [6, 6.07) is 19.9. The molecule has 0 radical (unpaired) electrons. The minimum absolute atomic E-state index is 0.195. The molecule has 5 nitrogen and oxygen atoms in total. The van der Waals surface area contributed by atoms with Crippen LogP contribution in [0.15, 0.2) is 74.4 Å². The quantitative estimate of drug-likeness (QED) is 0.151. The SMILES string of the molecule is C/C(=N\NC(=O)CSc1nnc(SCc2cccc3ccccc23)s1)c1ccc(Cl)c(Cl)c1. The molecule has 10 heteroatoms. The van der Waals surface area contributed by atoms with Crippen LogP contribution in [0.2, 0.25) is 10.0 Å². The van der Waals surface area contributed by atoms with Crippen molar-refractivity contribution in [1.29, 1.82) is 0 Å². The van der Waals surface area contributed by atoms with Crippen molar-refractivity contribution in [2.24, 2.45) is 5.10 Å². The average Bonchev–Trinajstić information content (AvgIpc) is 3.29. The van der Waals surface area contributed by atoms with Crippen LogP contribution >= 0.6 is 58.1 Å². The lowest BCUT2D eigenvalue weighted by Crippen LogP contribution is -2.21. The summed E-state index contributed by atoms with van der Waals surface area (Å²) in [7, 11) is 0. The van der Waals surface area contributed by atoms with Gasteiger partial charge in [-0.05, 0) is 41.0 Å². The van der Waals surface area contributed by atoms with Gasteiger partial charge in [-0.25, -0.2) is 5.43 Å². The number of hydrogen-bond acceptors (Lipinski definition) is 7. The van der Waals surface area contributed by atoms with E-state index in [1.165, 1.54) is 39.4 Å². The standard InChI is InChI=1S/C23H18Cl2N4OS3/c1-14(16-9-10-19(24)20(25)11-16)26-27-21(30)13-32-23-29-28-22(33-23)31-12-17-7-4-6-15-5-2-3-8-18(15)17/h2-11H,12-13H2,1H3,(H,27,30)/b26-14+. The molecule has 1 aromatic heterocycles. The molecule has 33 heavy (non-hydrogen) atoms. The zero-order chi connectivity index (χ0) is 23.2. The van der Waals surface area contributed by atoms with E-state index in [4.69, 9.17) is 23.2 Å². The maximum Gasteiger partial charge on any atom is 0.250 e. The summed E-state index contributed by atoms with van der Waals surface area (Å²) < 4.78 is 1.62. The van der Waals surface area contributed by atoms with Crippen LogP contribution in [0.3, 0.4) is 0 Å². The summed E-state index contributed by atoms with van der Waals surface area (Å²) in [5, 5.41) is 16.0. The van der Waals surface area contributed by atoms with Crippen molar-refractivity contribution in [2.75, 3.05) is 5.75 Å². The average molecular weight is 534 g/mol. The van der Waals surface area contributed by atoms with Gasteiger partial charge in [-0.3, -0.25) is 4.79 Å². The first-order valence-corrected chi connectivity index (χ1v) is 13.4. The molecule has 1 heterocycles. The molecular formula is C23H18Cl2N4OS3. The van der Waals surface area contributed by atoms with E-state index >= 15 is 0 Å². The van der Waals surface area contributed by atoms with Crippen molar-refractivity contribution < 1.29 is 4.79 Å². The molecule has 0 fully saturated rings. The van der Waals surface area contributed by atoms with Crippen molar-refractivity contribution in [3.05, 3.63) is 81.8 Å². The number of rotatable bonds is 8. The number of thioether (sulfide) groups is 2. The van der Waals surface area contributed by atoms with Gasteiger partial charge in [-0.1, -0.05) is 107 Å². The Hall–Kier alpha value is -2.10. The zero-order valence-electron chi connectivity index (χ0n) is 17.4. The van der Waals surface area contributed by atoms with Crippen molar-refractivity contribution in [2.45, 2.75) is 21.4 Å². The third kappa shape index (κ3) is 6.49. The molecule has 3 aromatic carbocycles. The highest BCUT2D eigenvalue weighted by atomic mass is 35.5. The molecule has 0 saturated heterocycles. The molecule has 0 atom stereocenters. The Labute approximate surface area is 214 Å². The van der Waals surface area contributed by atoms with Gasteiger partial charge in [0.05, 0.1) is 21.5 Å². The third-order valence-corrected chi connectivity index (χ3v) is 8.61. The molecule has 0 aliphatic rings. The van der Waals surface area contributed by atoms with Crippen LogP contribution in [-0.4, -0.2) is 27.6 Å². The Morgan fingerprint density at radius 3 is 2.58 bits per heavy atom. The van der Waals surface area contributed by atoms with Gasteiger partial charge >= 0.3 is 0 Å². The maximum absolute atomic E-state index is 12.2. The van der Waals surface area contributed by atoms with Gasteiger partial charge in [0.1, 0.15) is 0 Å². The molecule has 1 N–H and O–H groups in total. The second-order valence-electron chi connectivity index (χ2n) is 6.91. The van der Waals surface area contributed by atoms with Crippen molar-refractivity contribution in [3.8, 4) is 0 Å². The molecule has 0 bridgehead atoms. The van der Waals surface area contributed by atoms with E-state index in [1.807, 2.05) is 6.07 Å². The largest absolute Gasteiger partial charge is 0.272 e. The highest BCUT2D eigenvalue weighted by Gasteiger charge is 2.10. The highest BCUT2D eigenvalue weighted by Crippen LogP contribution is 2.32. The normalized spacial score (nSPS) is 11.7. The maximum atomic E-state index is 12.2. The minimum atomic E-state index is -0.223. The first-order chi connectivity index (χ1) is 16.0. The Kier molecular flexibility index (Phi) is 8.27. The van der Waals surface area contributed by atoms with Crippen LogP contribution in [0.5, 0.6) is 0 Å². The molecule has 0 aliphatic carbocycles. The summed E-state index contributed by atoms with van der Waals surface area (Å²) >= 11 is 16.4. The summed E-state index contributed by atoms with van der Waals surface area (Å²) in [5.41, 5.74) is 5.24. The van der Waals surface area contributed by atoms with Gasteiger partial charge in [0.2, 0.25) is 0 Å². The van der Waals surface area contributed by atoms with Gasteiger partial charge in [-0.15, -0.1) is 10.2 Å². The number of nitrogens with one attached hydrogen (secondary N) is 1. The molecular weight excluding hydrogens is 515 g/mol. The second kappa shape index (κ2) is 11.4. The lowest BCUT2D eigenvalue weighted by Gasteiger charge is -2.04. The smallest absolute Gasteiger partial charge is 0.250 e. The number of carbonyl (C=O) groups is 1. The van der Waals surface area contributed by atoms with Crippen LogP contribution in [0, 0.1) is 0 Å². The highest BCUT2D eigenvalue weighted by molar-refractivity contribution is 8.03. The van der Waals surface area contributed by atoms with E-state index in [1.54, 1.807) is 36.9 Å². The minimum Gasteiger partial charge on any atom is -0.272 e. The summed E-state index contributed by atoms with van der Waals surface area (Å²) in [6.45, 7) is 1.79. The Morgan fingerprint density at radius 1 is 1.00 bits per heavy atom. The van der Waals surface area contributed by atoms with Crippen LogP contribution in [0.4, 0.5) is 0 Å². The number of amides is 1. The fourth-order valence-electron chi connectivity index (χ4n) is 2.96. The number of aromatic nitrogens is 2. The van der Waals surface area contributed by atoms with Crippen LogP contribution < -0.4 is 5.43 Å². The molecule has 4 rings (SSSR count). The summed E-state index contributed by atoms with van der Waals surface area (Å²) in [6.07, 6.45) is 0. The molecule has 0 aliphatic heterocycles. The first-order valence-electron chi connectivity index (χ1n) is 9.84. The van der Waals surface area contributed by atoms with Gasteiger partial charge in [-0.2, -0.15) is 5.10 Å². The number of nitrogens with zero attached hydrogens (tertiary/aromatic N) is 3. The number of hydrazone groups is 1. The fourth-order valence-corrected chi connectivity index (χ4v) is 6.08. The number of fused-ring (bicyclic) bond motifs is 1. The third-order valence-electron chi connectivity index (χ3n) is 4.63. The Balaban J connectivity index is 1.28. The van der Waals surface area contributed by atoms with E-state index < -0.39 is 0 Å². The molecule has 0 spiro atoms.